The fourth-order valence-corrected chi connectivity index (χ4v) is 4.91. The Morgan fingerprint density at radius 3 is 2.89 bits per heavy atom. The van der Waals surface area contributed by atoms with Gasteiger partial charge >= 0.3 is 0 Å². The monoisotopic (exact) mass is 477 g/mol. The quantitative estimate of drug-likeness (QED) is 0.515. The second-order valence-corrected chi connectivity index (χ2v) is 8.84. The van der Waals surface area contributed by atoms with Crippen LogP contribution in [0.1, 0.15) is 28.0 Å². The number of halogens is 1. The van der Waals surface area contributed by atoms with Gasteiger partial charge in [0.2, 0.25) is 0 Å². The Morgan fingerprint density at radius 2 is 2.14 bits per heavy atom. The smallest absolute Gasteiger partial charge is 0.274 e. The van der Waals surface area contributed by atoms with Crippen molar-refractivity contribution in [1.82, 2.24) is 15.4 Å². The van der Waals surface area contributed by atoms with Gasteiger partial charge in [-0.1, -0.05) is 6.07 Å². The molecule has 0 spiro atoms. The standard InChI is InChI=1S/C25H28FN7O2/c1-14-11-19(23(33-10-8-15(27)13-33)16-12-29-32(2)22(14)16)31-25(34)18-7-9-28-24(30-18)21-17(26)5-4-6-20(21)35-3/h4-7,9,11,15,29H,8,10,12-13,27H2,1-3H3,(H,31,34)/t15-/m1/s1. The minimum atomic E-state index is -0.527. The predicted octanol–water partition coefficient (Wildman–Crippen LogP) is 2.84. The number of carbonyl (C=O) groups is 1. The van der Waals surface area contributed by atoms with Crippen LogP contribution in [0.5, 0.6) is 5.75 Å². The molecule has 9 nitrogen and oxygen atoms in total. The van der Waals surface area contributed by atoms with Crippen LogP contribution in [0, 0.1) is 12.7 Å². The summed E-state index contributed by atoms with van der Waals surface area (Å²) in [6.07, 6.45) is 2.33. The molecule has 2 aliphatic heterocycles. The van der Waals surface area contributed by atoms with E-state index in [9.17, 15) is 9.18 Å². The normalized spacial score (nSPS) is 17.0. The molecular formula is C25H28FN7O2. The largest absolute Gasteiger partial charge is 0.496 e. The molecule has 10 heteroatoms. The van der Waals surface area contributed by atoms with Crippen LogP contribution in [0.25, 0.3) is 11.4 Å². The van der Waals surface area contributed by atoms with Gasteiger partial charge in [-0.05, 0) is 43.2 Å². The average molecular weight is 478 g/mol. The third-order valence-corrected chi connectivity index (χ3v) is 6.49. The minimum absolute atomic E-state index is 0.0781. The Bertz CT molecular complexity index is 1300. The van der Waals surface area contributed by atoms with Crippen LogP contribution in [0.4, 0.5) is 21.5 Å². The number of aromatic nitrogens is 2. The van der Waals surface area contributed by atoms with E-state index in [1.807, 2.05) is 25.0 Å². The second-order valence-electron chi connectivity index (χ2n) is 8.84. The van der Waals surface area contributed by atoms with Gasteiger partial charge in [-0.15, -0.1) is 0 Å². The molecule has 5 rings (SSSR count). The summed E-state index contributed by atoms with van der Waals surface area (Å²) in [6, 6.07) is 8.04. The zero-order valence-corrected chi connectivity index (χ0v) is 19.9. The maximum absolute atomic E-state index is 14.6. The molecule has 1 atom stereocenters. The Hall–Kier alpha value is -3.76. The zero-order chi connectivity index (χ0) is 24.7. The van der Waals surface area contributed by atoms with E-state index in [2.05, 4.69) is 25.6 Å². The van der Waals surface area contributed by atoms with Crippen molar-refractivity contribution in [3.63, 3.8) is 0 Å². The average Bonchev–Trinajstić information content (AvgIpc) is 3.45. The number of hydrogen-bond donors (Lipinski definition) is 3. The van der Waals surface area contributed by atoms with Gasteiger partial charge < -0.3 is 25.7 Å². The maximum atomic E-state index is 14.6. The Kier molecular flexibility index (Phi) is 6.00. The molecule has 0 unspecified atom stereocenters. The molecule has 3 heterocycles. The van der Waals surface area contributed by atoms with Crippen LogP contribution < -0.4 is 31.1 Å². The molecule has 1 aromatic heterocycles. The van der Waals surface area contributed by atoms with Crippen molar-refractivity contribution >= 4 is 23.0 Å². The number of methoxy groups -OCH3 is 1. The fraction of sp³-hybridized carbons (Fsp3) is 0.320. The molecule has 0 radical (unpaired) electrons. The summed E-state index contributed by atoms with van der Waals surface area (Å²) in [5.41, 5.74) is 14.7. The SMILES string of the molecule is COc1cccc(F)c1-c1nccc(C(=O)Nc2cc(C)c3c(c2N2CC[C@@H](N)C2)CNN3C)n1. The lowest BCUT2D eigenvalue weighted by atomic mass is 10.0. The zero-order valence-electron chi connectivity index (χ0n) is 19.9. The van der Waals surface area contributed by atoms with Gasteiger partial charge in [0.15, 0.2) is 5.82 Å². The fourth-order valence-electron chi connectivity index (χ4n) is 4.91. The van der Waals surface area contributed by atoms with Gasteiger partial charge in [-0.25, -0.2) is 19.8 Å². The summed E-state index contributed by atoms with van der Waals surface area (Å²) in [6.45, 7) is 4.20. The van der Waals surface area contributed by atoms with Crippen LogP contribution in [-0.4, -0.2) is 49.2 Å². The first-order chi connectivity index (χ1) is 16.9. The molecule has 2 aliphatic rings. The van der Waals surface area contributed by atoms with E-state index in [1.165, 1.54) is 25.4 Å². The van der Waals surface area contributed by atoms with Crippen molar-refractivity contribution in [3.05, 3.63) is 59.2 Å². The molecule has 2 aromatic carbocycles. The van der Waals surface area contributed by atoms with Crippen molar-refractivity contribution < 1.29 is 13.9 Å². The third-order valence-electron chi connectivity index (χ3n) is 6.49. The van der Waals surface area contributed by atoms with Crippen LogP contribution >= 0.6 is 0 Å². The Morgan fingerprint density at radius 1 is 1.31 bits per heavy atom. The van der Waals surface area contributed by atoms with E-state index >= 15 is 0 Å². The molecule has 182 valence electrons. The van der Waals surface area contributed by atoms with E-state index in [-0.39, 0.29) is 23.1 Å². The number of ether oxygens (including phenoxy) is 1. The lowest BCUT2D eigenvalue weighted by Crippen LogP contribution is -2.28. The third kappa shape index (κ3) is 4.15. The van der Waals surface area contributed by atoms with Crippen molar-refractivity contribution in [2.45, 2.75) is 25.9 Å². The maximum Gasteiger partial charge on any atom is 0.274 e. The van der Waals surface area contributed by atoms with Crippen LogP contribution in [0.15, 0.2) is 36.5 Å². The Balaban J connectivity index is 1.52. The van der Waals surface area contributed by atoms with Gasteiger partial charge in [0.25, 0.3) is 5.91 Å². The molecule has 1 fully saturated rings. The first-order valence-corrected chi connectivity index (χ1v) is 11.5. The number of carbonyl (C=O) groups excluding carboxylic acids is 1. The number of rotatable bonds is 5. The molecule has 1 saturated heterocycles. The molecule has 0 aliphatic carbocycles. The molecule has 3 aromatic rings. The molecular weight excluding hydrogens is 449 g/mol. The Labute approximate surface area is 203 Å². The van der Waals surface area contributed by atoms with Crippen molar-refractivity contribution in [1.29, 1.82) is 0 Å². The van der Waals surface area contributed by atoms with Crippen molar-refractivity contribution in [3.8, 4) is 17.1 Å². The van der Waals surface area contributed by atoms with Gasteiger partial charge in [0.1, 0.15) is 17.3 Å². The highest BCUT2D eigenvalue weighted by Crippen LogP contribution is 2.42. The predicted molar refractivity (Wildman–Crippen MR) is 133 cm³/mol. The van der Waals surface area contributed by atoms with E-state index in [1.54, 1.807) is 12.1 Å². The van der Waals surface area contributed by atoms with E-state index < -0.39 is 11.7 Å². The van der Waals surface area contributed by atoms with Gasteiger partial charge in [-0.2, -0.15) is 0 Å². The van der Waals surface area contributed by atoms with E-state index in [0.29, 0.717) is 24.5 Å². The summed E-state index contributed by atoms with van der Waals surface area (Å²) in [5.74, 6) is -0.567. The summed E-state index contributed by atoms with van der Waals surface area (Å²) in [5, 5.41) is 5.05. The number of amides is 1. The van der Waals surface area contributed by atoms with Gasteiger partial charge in [0.05, 0.1) is 29.7 Å². The summed E-state index contributed by atoms with van der Waals surface area (Å²) in [4.78, 5) is 24.1. The summed E-state index contributed by atoms with van der Waals surface area (Å²) in [7, 11) is 3.43. The highest BCUT2D eigenvalue weighted by molar-refractivity contribution is 6.06. The molecule has 0 bridgehead atoms. The molecule has 0 saturated carbocycles. The number of aryl methyl sites for hydroxylation is 1. The van der Waals surface area contributed by atoms with Crippen molar-refractivity contribution in [2.24, 2.45) is 5.73 Å². The summed E-state index contributed by atoms with van der Waals surface area (Å²) >= 11 is 0. The topological polar surface area (TPSA) is 109 Å². The first-order valence-electron chi connectivity index (χ1n) is 11.5. The number of hydrazine groups is 1. The highest BCUT2D eigenvalue weighted by atomic mass is 19.1. The van der Waals surface area contributed by atoms with Crippen molar-refractivity contribution in [2.75, 3.05) is 42.5 Å². The number of fused-ring (bicyclic) bond motifs is 1. The lowest BCUT2D eigenvalue weighted by molar-refractivity contribution is 0.102. The number of anilines is 3. The summed E-state index contributed by atoms with van der Waals surface area (Å²) < 4.78 is 19.9. The van der Waals surface area contributed by atoms with Crippen LogP contribution in [0.2, 0.25) is 0 Å². The van der Waals surface area contributed by atoms with E-state index in [0.717, 1.165) is 35.5 Å². The molecule has 4 N–H and O–H groups in total. The number of hydrogen-bond acceptors (Lipinski definition) is 8. The number of benzene rings is 2. The van der Waals surface area contributed by atoms with Gasteiger partial charge in [0, 0.05) is 44.5 Å². The highest BCUT2D eigenvalue weighted by Gasteiger charge is 2.31. The number of nitrogens with two attached hydrogens (primary N) is 1. The van der Waals surface area contributed by atoms with Gasteiger partial charge in [-0.3, -0.25) is 4.79 Å². The minimum Gasteiger partial charge on any atom is -0.496 e. The number of nitrogens with one attached hydrogen (secondary N) is 2. The first kappa shape index (κ1) is 23.0. The second kappa shape index (κ2) is 9.12. The number of nitrogens with zero attached hydrogens (tertiary/aromatic N) is 4. The molecule has 1 amide bonds. The van der Waals surface area contributed by atoms with Crippen LogP contribution in [0.3, 0.4) is 0 Å². The lowest BCUT2D eigenvalue weighted by Gasteiger charge is -2.26. The molecule has 35 heavy (non-hydrogen) atoms. The van der Waals surface area contributed by atoms with E-state index in [4.69, 9.17) is 10.5 Å². The van der Waals surface area contributed by atoms with Crippen LogP contribution in [-0.2, 0) is 6.54 Å².